The highest BCUT2D eigenvalue weighted by molar-refractivity contribution is 9.10. The van der Waals surface area contributed by atoms with E-state index in [0.29, 0.717) is 6.47 Å². The van der Waals surface area contributed by atoms with E-state index in [1.54, 1.807) is 0 Å². The molecule has 3 rings (SSSR count). The van der Waals surface area contributed by atoms with Crippen LogP contribution in [-0.4, -0.2) is 11.5 Å². The van der Waals surface area contributed by atoms with Crippen LogP contribution in [0.2, 0.25) is 0 Å². The fourth-order valence-electron chi connectivity index (χ4n) is 2.30. The highest BCUT2D eigenvalue weighted by Gasteiger charge is 2.08. The SMILES string of the molecule is O=COCc1cc(-c2ccccc2)c2cc(Br)ccc2n1. The lowest BCUT2D eigenvalue weighted by atomic mass is 10.0. The summed E-state index contributed by atoms with van der Waals surface area (Å²) in [4.78, 5) is 14.9. The van der Waals surface area contributed by atoms with E-state index in [2.05, 4.69) is 39.1 Å². The Morgan fingerprint density at radius 3 is 2.67 bits per heavy atom. The van der Waals surface area contributed by atoms with Crippen LogP contribution in [0.25, 0.3) is 22.0 Å². The lowest BCUT2D eigenvalue weighted by Gasteiger charge is -2.10. The number of carbonyl (C=O) groups is 1. The van der Waals surface area contributed by atoms with Gasteiger partial charge in [-0.25, -0.2) is 4.98 Å². The normalized spacial score (nSPS) is 10.5. The fourth-order valence-corrected chi connectivity index (χ4v) is 2.66. The van der Waals surface area contributed by atoms with E-state index in [0.717, 1.165) is 32.2 Å². The first-order chi connectivity index (χ1) is 10.3. The molecule has 3 aromatic rings. The number of nitrogens with zero attached hydrogens (tertiary/aromatic N) is 1. The smallest absolute Gasteiger partial charge is 0.293 e. The number of ether oxygens (including phenoxy) is 1. The van der Waals surface area contributed by atoms with Gasteiger partial charge in [0.05, 0.1) is 11.2 Å². The number of benzene rings is 2. The van der Waals surface area contributed by atoms with Gasteiger partial charge in [-0.3, -0.25) is 4.79 Å². The van der Waals surface area contributed by atoms with Gasteiger partial charge in [-0.05, 0) is 35.4 Å². The number of halogens is 1. The maximum Gasteiger partial charge on any atom is 0.293 e. The van der Waals surface area contributed by atoms with Crippen molar-refractivity contribution in [3.8, 4) is 11.1 Å². The Kier molecular flexibility index (Phi) is 3.97. The average molecular weight is 342 g/mol. The highest BCUT2D eigenvalue weighted by Crippen LogP contribution is 2.30. The summed E-state index contributed by atoms with van der Waals surface area (Å²) in [5.74, 6) is 0. The molecule has 0 amide bonds. The van der Waals surface area contributed by atoms with Crippen LogP contribution in [0, 0.1) is 0 Å². The minimum atomic E-state index is 0.176. The second kappa shape index (κ2) is 6.06. The molecule has 1 heterocycles. The molecule has 2 aromatic carbocycles. The molecule has 0 aliphatic rings. The van der Waals surface area contributed by atoms with E-state index in [1.165, 1.54) is 0 Å². The Morgan fingerprint density at radius 2 is 1.90 bits per heavy atom. The van der Waals surface area contributed by atoms with Gasteiger partial charge in [0, 0.05) is 9.86 Å². The fraction of sp³-hybridized carbons (Fsp3) is 0.0588. The minimum absolute atomic E-state index is 0.176. The molecule has 0 atom stereocenters. The summed E-state index contributed by atoms with van der Waals surface area (Å²) in [7, 11) is 0. The number of carbonyl (C=O) groups excluding carboxylic acids is 1. The van der Waals surface area contributed by atoms with Crippen LogP contribution >= 0.6 is 15.9 Å². The number of fused-ring (bicyclic) bond motifs is 1. The zero-order valence-electron chi connectivity index (χ0n) is 11.1. The van der Waals surface area contributed by atoms with Crippen LogP contribution in [0.3, 0.4) is 0 Å². The van der Waals surface area contributed by atoms with E-state index in [-0.39, 0.29) is 6.61 Å². The lowest BCUT2D eigenvalue weighted by molar-refractivity contribution is -0.129. The number of hydrogen-bond acceptors (Lipinski definition) is 3. The molecule has 0 unspecified atom stereocenters. The van der Waals surface area contributed by atoms with Gasteiger partial charge < -0.3 is 4.74 Å². The Labute approximate surface area is 130 Å². The predicted octanol–water partition coefficient (Wildman–Crippen LogP) is 4.34. The molecule has 3 nitrogen and oxygen atoms in total. The third kappa shape index (κ3) is 2.95. The molecule has 21 heavy (non-hydrogen) atoms. The Bertz CT molecular complexity index is 787. The number of aromatic nitrogens is 1. The average Bonchev–Trinajstić information content (AvgIpc) is 2.53. The van der Waals surface area contributed by atoms with Crippen LogP contribution in [0.5, 0.6) is 0 Å². The van der Waals surface area contributed by atoms with Gasteiger partial charge in [-0.15, -0.1) is 0 Å². The lowest BCUT2D eigenvalue weighted by Crippen LogP contribution is -1.96. The second-order valence-electron chi connectivity index (χ2n) is 4.60. The quantitative estimate of drug-likeness (QED) is 0.662. The zero-order chi connectivity index (χ0) is 14.7. The van der Waals surface area contributed by atoms with Crippen molar-refractivity contribution in [1.82, 2.24) is 4.98 Å². The standard InChI is InChI=1S/C17H12BrNO2/c18-13-6-7-17-16(8-13)15(12-4-2-1-3-5-12)9-14(19-17)10-21-11-20/h1-9,11H,10H2. The van der Waals surface area contributed by atoms with Crippen LogP contribution in [-0.2, 0) is 16.1 Å². The van der Waals surface area contributed by atoms with Crippen LogP contribution < -0.4 is 0 Å². The summed E-state index contributed by atoms with van der Waals surface area (Å²) < 4.78 is 5.84. The van der Waals surface area contributed by atoms with Crippen molar-refractivity contribution in [3.05, 3.63) is 64.8 Å². The maximum absolute atomic E-state index is 10.4. The van der Waals surface area contributed by atoms with Gasteiger partial charge in [0.1, 0.15) is 6.61 Å². The molecular weight excluding hydrogens is 330 g/mol. The van der Waals surface area contributed by atoms with E-state index >= 15 is 0 Å². The monoisotopic (exact) mass is 341 g/mol. The largest absolute Gasteiger partial charge is 0.461 e. The maximum atomic E-state index is 10.4. The van der Waals surface area contributed by atoms with E-state index < -0.39 is 0 Å². The number of rotatable bonds is 4. The molecule has 0 saturated heterocycles. The van der Waals surface area contributed by atoms with Crippen molar-refractivity contribution in [3.63, 3.8) is 0 Å². The van der Waals surface area contributed by atoms with Crippen molar-refractivity contribution >= 4 is 33.3 Å². The molecule has 0 saturated carbocycles. The van der Waals surface area contributed by atoms with Gasteiger partial charge in [0.2, 0.25) is 0 Å². The van der Waals surface area contributed by atoms with Gasteiger partial charge in [-0.2, -0.15) is 0 Å². The molecule has 0 spiro atoms. The van der Waals surface area contributed by atoms with Gasteiger partial charge >= 0.3 is 0 Å². The Balaban J connectivity index is 2.23. The minimum Gasteiger partial charge on any atom is -0.461 e. The molecule has 0 radical (unpaired) electrons. The second-order valence-corrected chi connectivity index (χ2v) is 5.51. The van der Waals surface area contributed by atoms with Crippen molar-refractivity contribution in [2.45, 2.75) is 6.61 Å². The number of hydrogen-bond donors (Lipinski definition) is 0. The summed E-state index contributed by atoms with van der Waals surface area (Å²) in [6, 6.07) is 18.0. The molecule has 0 bridgehead atoms. The first kappa shape index (κ1) is 13.8. The molecule has 104 valence electrons. The Morgan fingerprint density at radius 1 is 1.10 bits per heavy atom. The summed E-state index contributed by atoms with van der Waals surface area (Å²) in [6.07, 6.45) is 0. The number of pyridine rings is 1. The molecule has 0 aliphatic heterocycles. The van der Waals surface area contributed by atoms with Crippen molar-refractivity contribution in [1.29, 1.82) is 0 Å². The zero-order valence-corrected chi connectivity index (χ0v) is 12.7. The van der Waals surface area contributed by atoms with E-state index in [4.69, 9.17) is 4.74 Å². The van der Waals surface area contributed by atoms with Gasteiger partial charge in [0.25, 0.3) is 6.47 Å². The summed E-state index contributed by atoms with van der Waals surface area (Å²) in [5, 5.41) is 1.06. The first-order valence-electron chi connectivity index (χ1n) is 6.48. The van der Waals surface area contributed by atoms with E-state index in [9.17, 15) is 4.79 Å². The summed E-state index contributed by atoms with van der Waals surface area (Å²) >= 11 is 3.50. The highest BCUT2D eigenvalue weighted by atomic mass is 79.9. The topological polar surface area (TPSA) is 39.2 Å². The van der Waals surface area contributed by atoms with Crippen molar-refractivity contribution < 1.29 is 9.53 Å². The predicted molar refractivity (Wildman–Crippen MR) is 85.7 cm³/mol. The Hall–Kier alpha value is -2.20. The van der Waals surface area contributed by atoms with Gasteiger partial charge in [0.15, 0.2) is 0 Å². The third-order valence-corrected chi connectivity index (χ3v) is 3.70. The molecule has 4 heteroatoms. The summed E-state index contributed by atoms with van der Waals surface area (Å²) in [5.41, 5.74) is 3.79. The third-order valence-electron chi connectivity index (χ3n) is 3.21. The summed E-state index contributed by atoms with van der Waals surface area (Å²) in [6.45, 7) is 0.616. The molecule has 0 fully saturated rings. The van der Waals surface area contributed by atoms with Crippen LogP contribution in [0.4, 0.5) is 0 Å². The molecule has 0 N–H and O–H groups in total. The van der Waals surface area contributed by atoms with Crippen LogP contribution in [0.15, 0.2) is 59.1 Å². The van der Waals surface area contributed by atoms with Crippen molar-refractivity contribution in [2.75, 3.05) is 0 Å². The van der Waals surface area contributed by atoms with Crippen LogP contribution in [0.1, 0.15) is 5.69 Å². The van der Waals surface area contributed by atoms with Crippen molar-refractivity contribution in [2.24, 2.45) is 0 Å². The molecular formula is C17H12BrNO2. The first-order valence-corrected chi connectivity index (χ1v) is 7.27. The van der Waals surface area contributed by atoms with E-state index in [1.807, 2.05) is 36.4 Å². The molecule has 0 aliphatic carbocycles. The molecule has 1 aromatic heterocycles. The van der Waals surface area contributed by atoms with Gasteiger partial charge in [-0.1, -0.05) is 46.3 Å².